The summed E-state index contributed by atoms with van der Waals surface area (Å²) < 4.78 is 0. The third-order valence-electron chi connectivity index (χ3n) is 5.84. The summed E-state index contributed by atoms with van der Waals surface area (Å²) >= 11 is 7.36. The molecule has 1 fully saturated rings. The van der Waals surface area contributed by atoms with E-state index in [1.807, 2.05) is 55.5 Å². The zero-order valence-corrected chi connectivity index (χ0v) is 20.0. The Labute approximate surface area is 202 Å². The van der Waals surface area contributed by atoms with E-state index in [1.165, 1.54) is 11.3 Å². The number of rotatable bonds is 7. The number of amides is 1. The second-order valence-electron chi connectivity index (χ2n) is 8.30. The van der Waals surface area contributed by atoms with Crippen LogP contribution in [0, 0.1) is 12.8 Å². The summed E-state index contributed by atoms with van der Waals surface area (Å²) in [6.07, 6.45) is 2.03. The monoisotopic (exact) mass is 483 g/mol. The summed E-state index contributed by atoms with van der Waals surface area (Å²) in [5.74, 6) is -0.640. The maximum atomic E-state index is 12.9. The molecule has 0 unspecified atom stereocenters. The number of halogens is 1. The molecule has 172 valence electrons. The van der Waals surface area contributed by atoms with Gasteiger partial charge in [0.25, 0.3) is 5.91 Å². The van der Waals surface area contributed by atoms with Crippen LogP contribution in [0.25, 0.3) is 10.6 Å². The summed E-state index contributed by atoms with van der Waals surface area (Å²) in [6, 6.07) is 15.1. The topological polar surface area (TPSA) is 82.5 Å². The van der Waals surface area contributed by atoms with Crippen LogP contribution in [0.3, 0.4) is 0 Å². The zero-order valence-electron chi connectivity index (χ0n) is 18.4. The van der Waals surface area contributed by atoms with E-state index in [9.17, 15) is 14.7 Å². The van der Waals surface area contributed by atoms with Gasteiger partial charge in [-0.25, -0.2) is 4.98 Å². The number of para-hydroxylation sites is 1. The highest BCUT2D eigenvalue weighted by molar-refractivity contribution is 7.17. The highest BCUT2D eigenvalue weighted by Crippen LogP contribution is 2.30. The fourth-order valence-electron chi connectivity index (χ4n) is 4.22. The molecule has 1 amide bonds. The molecule has 0 spiro atoms. The number of benzene rings is 2. The molecule has 2 aromatic carbocycles. The van der Waals surface area contributed by atoms with Gasteiger partial charge < -0.3 is 15.3 Å². The summed E-state index contributed by atoms with van der Waals surface area (Å²) in [4.78, 5) is 31.6. The number of thiazole rings is 1. The van der Waals surface area contributed by atoms with Crippen molar-refractivity contribution < 1.29 is 14.7 Å². The molecular formula is C25H26ClN3O3S. The molecule has 1 atom stereocenters. The van der Waals surface area contributed by atoms with Gasteiger partial charge in [0.1, 0.15) is 9.88 Å². The average molecular weight is 484 g/mol. The summed E-state index contributed by atoms with van der Waals surface area (Å²) in [6.45, 7) is 4.10. The van der Waals surface area contributed by atoms with Crippen molar-refractivity contribution in [1.29, 1.82) is 0 Å². The lowest BCUT2D eigenvalue weighted by Crippen LogP contribution is -2.41. The van der Waals surface area contributed by atoms with Crippen molar-refractivity contribution in [2.75, 3.05) is 24.5 Å². The fourth-order valence-corrected chi connectivity index (χ4v) is 5.34. The Balaban J connectivity index is 1.39. The number of hydrogen-bond donors (Lipinski definition) is 2. The van der Waals surface area contributed by atoms with Gasteiger partial charge >= 0.3 is 5.97 Å². The van der Waals surface area contributed by atoms with E-state index >= 15 is 0 Å². The minimum atomic E-state index is -0.832. The summed E-state index contributed by atoms with van der Waals surface area (Å²) in [7, 11) is 0. The van der Waals surface area contributed by atoms with Crippen molar-refractivity contribution >= 4 is 40.5 Å². The Morgan fingerprint density at radius 1 is 1.21 bits per heavy atom. The number of aryl methyl sites for hydroxylation is 1. The minimum Gasteiger partial charge on any atom is -0.481 e. The molecule has 1 aromatic heterocycles. The molecule has 1 saturated heterocycles. The maximum Gasteiger partial charge on any atom is 0.307 e. The first-order valence-electron chi connectivity index (χ1n) is 11.0. The number of carbonyl (C=O) groups is 2. The molecule has 3 aromatic rings. The van der Waals surface area contributed by atoms with Gasteiger partial charge in [0.15, 0.2) is 0 Å². The number of nitrogens with one attached hydrogen (secondary N) is 1. The molecule has 0 radical (unpaired) electrons. The van der Waals surface area contributed by atoms with E-state index in [1.54, 1.807) is 0 Å². The summed E-state index contributed by atoms with van der Waals surface area (Å²) in [5.41, 5.74) is 3.45. The van der Waals surface area contributed by atoms with Crippen LogP contribution in [0.2, 0.25) is 5.02 Å². The molecule has 2 N–H and O–H groups in total. The largest absolute Gasteiger partial charge is 0.481 e. The first-order valence-corrected chi connectivity index (χ1v) is 12.2. The first-order chi connectivity index (χ1) is 15.9. The molecule has 1 aliphatic heterocycles. The van der Waals surface area contributed by atoms with Crippen LogP contribution in [-0.4, -0.2) is 41.6 Å². The molecule has 1 aliphatic rings. The van der Waals surface area contributed by atoms with Crippen LogP contribution in [0.4, 0.5) is 5.69 Å². The molecule has 2 heterocycles. The highest BCUT2D eigenvalue weighted by atomic mass is 35.5. The maximum absolute atomic E-state index is 12.9. The number of piperidine rings is 1. The third kappa shape index (κ3) is 5.72. The molecular weight excluding hydrogens is 458 g/mol. The number of anilines is 1. The molecule has 6 nitrogen and oxygen atoms in total. The minimum absolute atomic E-state index is 0.00861. The average Bonchev–Trinajstić information content (AvgIpc) is 3.20. The first kappa shape index (κ1) is 23.3. The van der Waals surface area contributed by atoms with Crippen LogP contribution in [0.1, 0.15) is 33.8 Å². The van der Waals surface area contributed by atoms with E-state index in [4.69, 9.17) is 11.6 Å². The van der Waals surface area contributed by atoms with Gasteiger partial charge in [-0.05, 0) is 49.4 Å². The second kappa shape index (κ2) is 10.4. The SMILES string of the molecule is Cc1nc(-c2ccc(Cl)cc2)sc1C(=O)NC[C@H]1CCCN(c2ccccc2CC(=O)O)C1. The van der Waals surface area contributed by atoms with E-state index in [0.29, 0.717) is 22.4 Å². The highest BCUT2D eigenvalue weighted by Gasteiger charge is 2.24. The number of aromatic nitrogens is 1. The van der Waals surface area contributed by atoms with Gasteiger partial charge in [-0.1, -0.05) is 41.9 Å². The van der Waals surface area contributed by atoms with Gasteiger partial charge in [0.05, 0.1) is 12.1 Å². The smallest absolute Gasteiger partial charge is 0.307 e. The quantitative estimate of drug-likeness (QED) is 0.491. The number of aliphatic carboxylic acids is 1. The van der Waals surface area contributed by atoms with Crippen LogP contribution < -0.4 is 10.2 Å². The van der Waals surface area contributed by atoms with Gasteiger partial charge in [-0.15, -0.1) is 11.3 Å². The second-order valence-corrected chi connectivity index (χ2v) is 9.74. The van der Waals surface area contributed by atoms with Crippen LogP contribution >= 0.6 is 22.9 Å². The fraction of sp³-hybridized carbons (Fsp3) is 0.320. The van der Waals surface area contributed by atoms with Crippen molar-refractivity contribution in [3.63, 3.8) is 0 Å². The molecule has 0 bridgehead atoms. The Hall–Kier alpha value is -2.90. The van der Waals surface area contributed by atoms with E-state index in [-0.39, 0.29) is 12.3 Å². The number of carboxylic acid groups (broad SMARTS) is 1. The van der Waals surface area contributed by atoms with Crippen molar-refractivity contribution in [2.24, 2.45) is 5.92 Å². The molecule has 33 heavy (non-hydrogen) atoms. The lowest BCUT2D eigenvalue weighted by molar-refractivity contribution is -0.136. The van der Waals surface area contributed by atoms with Gasteiger partial charge in [0.2, 0.25) is 0 Å². The molecule has 0 saturated carbocycles. The number of nitrogens with zero attached hydrogens (tertiary/aromatic N) is 2. The standard InChI is InChI=1S/C25H26ClN3O3S/c1-16-23(33-25(28-16)18-8-10-20(26)11-9-18)24(32)27-14-17-5-4-12-29(15-17)21-7-3-2-6-19(21)13-22(30)31/h2-3,6-11,17H,4-5,12-15H2,1H3,(H,27,32)(H,30,31)/t17-/m1/s1. The van der Waals surface area contributed by atoms with Crippen molar-refractivity contribution in [2.45, 2.75) is 26.2 Å². The van der Waals surface area contributed by atoms with E-state index in [2.05, 4.69) is 15.2 Å². The van der Waals surface area contributed by atoms with E-state index in [0.717, 1.165) is 53.4 Å². The Morgan fingerprint density at radius 2 is 1.97 bits per heavy atom. The van der Waals surface area contributed by atoms with Gasteiger partial charge in [-0.3, -0.25) is 9.59 Å². The van der Waals surface area contributed by atoms with Gasteiger partial charge in [0, 0.05) is 35.9 Å². The number of carboxylic acids is 1. The van der Waals surface area contributed by atoms with Crippen molar-refractivity contribution in [3.05, 3.63) is 69.7 Å². The number of carbonyl (C=O) groups excluding carboxylic acids is 1. The normalized spacial score (nSPS) is 15.9. The van der Waals surface area contributed by atoms with Crippen molar-refractivity contribution in [1.82, 2.24) is 10.3 Å². The predicted molar refractivity (Wildman–Crippen MR) is 132 cm³/mol. The van der Waals surface area contributed by atoms with Gasteiger partial charge in [-0.2, -0.15) is 0 Å². The number of hydrogen-bond acceptors (Lipinski definition) is 5. The Kier molecular flexibility index (Phi) is 7.30. The van der Waals surface area contributed by atoms with Crippen LogP contribution in [0.5, 0.6) is 0 Å². The van der Waals surface area contributed by atoms with Crippen LogP contribution in [-0.2, 0) is 11.2 Å². The zero-order chi connectivity index (χ0) is 23.4. The Bertz CT molecular complexity index is 1150. The lowest BCUT2D eigenvalue weighted by atomic mass is 9.96. The molecule has 4 rings (SSSR count). The lowest BCUT2D eigenvalue weighted by Gasteiger charge is -2.35. The molecule has 8 heteroatoms. The third-order valence-corrected chi connectivity index (χ3v) is 7.30. The molecule has 0 aliphatic carbocycles. The van der Waals surface area contributed by atoms with Crippen LogP contribution in [0.15, 0.2) is 48.5 Å². The Morgan fingerprint density at radius 3 is 2.73 bits per heavy atom. The summed E-state index contributed by atoms with van der Waals surface area (Å²) in [5, 5.41) is 13.8. The van der Waals surface area contributed by atoms with Crippen molar-refractivity contribution in [3.8, 4) is 10.6 Å². The predicted octanol–water partition coefficient (Wildman–Crippen LogP) is 5.05. The van der Waals surface area contributed by atoms with E-state index < -0.39 is 5.97 Å².